The molecule has 6 heteroatoms. The third-order valence-corrected chi connectivity index (χ3v) is 19.7. The van der Waals surface area contributed by atoms with Gasteiger partial charge in [-0.25, -0.2) is 0 Å². The van der Waals surface area contributed by atoms with Crippen molar-refractivity contribution in [1.29, 1.82) is 0 Å². The van der Waals surface area contributed by atoms with E-state index in [0.717, 1.165) is 38.5 Å². The number of aliphatic hydroxyl groups is 2. The van der Waals surface area contributed by atoms with E-state index in [9.17, 15) is 19.8 Å². The molecular formula is C84H163NO5. The van der Waals surface area contributed by atoms with Crippen molar-refractivity contribution in [3.8, 4) is 0 Å². The molecule has 0 aromatic carbocycles. The van der Waals surface area contributed by atoms with Gasteiger partial charge in [-0.1, -0.05) is 430 Å². The van der Waals surface area contributed by atoms with Gasteiger partial charge >= 0.3 is 5.97 Å². The van der Waals surface area contributed by atoms with Crippen molar-refractivity contribution >= 4 is 11.9 Å². The van der Waals surface area contributed by atoms with Gasteiger partial charge in [0, 0.05) is 12.8 Å². The smallest absolute Gasteiger partial charge is 0.305 e. The lowest BCUT2D eigenvalue weighted by Gasteiger charge is -2.20. The Labute approximate surface area is 564 Å². The van der Waals surface area contributed by atoms with E-state index >= 15 is 0 Å². The number of rotatable bonds is 79. The highest BCUT2D eigenvalue weighted by atomic mass is 16.5. The Balaban J connectivity index is 3.34. The predicted octanol–water partition coefficient (Wildman–Crippen LogP) is 27.6. The summed E-state index contributed by atoms with van der Waals surface area (Å²) in [5, 5.41) is 23.3. The average Bonchev–Trinajstić information content (AvgIpc) is 3.60. The number of nitrogens with one attached hydrogen (secondary N) is 1. The van der Waals surface area contributed by atoms with E-state index in [1.807, 2.05) is 6.08 Å². The van der Waals surface area contributed by atoms with Gasteiger partial charge in [0.25, 0.3) is 0 Å². The molecule has 0 heterocycles. The fraction of sp³-hybridized carbons (Fsp3) is 0.929. The van der Waals surface area contributed by atoms with Gasteiger partial charge in [0.2, 0.25) is 5.91 Å². The van der Waals surface area contributed by atoms with Crippen LogP contribution in [0, 0.1) is 0 Å². The molecule has 90 heavy (non-hydrogen) atoms. The highest BCUT2D eigenvalue weighted by Crippen LogP contribution is 2.20. The number of aliphatic hydroxyl groups excluding tert-OH is 2. The van der Waals surface area contributed by atoms with Gasteiger partial charge < -0.3 is 20.3 Å². The van der Waals surface area contributed by atoms with Crippen molar-refractivity contribution in [1.82, 2.24) is 5.32 Å². The van der Waals surface area contributed by atoms with Crippen LogP contribution in [0.1, 0.15) is 476 Å². The molecule has 0 aromatic heterocycles. The largest absolute Gasteiger partial charge is 0.466 e. The van der Waals surface area contributed by atoms with Gasteiger partial charge in [-0.15, -0.1) is 0 Å². The zero-order valence-corrected chi connectivity index (χ0v) is 61.4. The number of allylic oxidation sites excluding steroid dienone is 3. The summed E-state index contributed by atoms with van der Waals surface area (Å²) >= 11 is 0. The second-order valence-corrected chi connectivity index (χ2v) is 28.8. The average molecular weight is 1270 g/mol. The number of ether oxygens (including phenoxy) is 1. The van der Waals surface area contributed by atoms with Crippen LogP contribution in [0.25, 0.3) is 0 Å². The fourth-order valence-electron chi connectivity index (χ4n) is 13.4. The van der Waals surface area contributed by atoms with E-state index in [2.05, 4.69) is 31.3 Å². The molecule has 6 nitrogen and oxygen atoms in total. The second kappa shape index (κ2) is 79.8. The molecule has 534 valence electrons. The normalized spacial score (nSPS) is 12.5. The zero-order valence-electron chi connectivity index (χ0n) is 61.4. The first-order valence-electron chi connectivity index (χ1n) is 41.6. The molecule has 0 fully saturated rings. The standard InChI is InChI=1S/C84H163NO5/c1-3-5-7-9-11-13-15-17-19-20-21-39-42-45-49-52-56-60-64-68-72-76-82(87)81(80-86)85-83(88)77-73-69-65-61-57-53-50-46-43-40-37-35-33-31-29-27-25-23-22-24-26-28-30-32-34-36-38-41-44-47-51-55-59-63-67-71-75-79-90-84(89)78-74-70-66-62-58-54-48-18-16-14-12-10-8-6-4-2/h22,24,72,76,81-82,86-87H,3-21,23,25-71,73-75,77-80H2,1-2H3,(H,85,88)/b24-22-,76-72+. The molecule has 0 aliphatic heterocycles. The number of carbonyl (C=O) groups is 2. The van der Waals surface area contributed by atoms with E-state index in [4.69, 9.17) is 4.74 Å². The third kappa shape index (κ3) is 75.4. The van der Waals surface area contributed by atoms with Crippen molar-refractivity contribution in [2.75, 3.05) is 13.2 Å². The van der Waals surface area contributed by atoms with Crippen LogP contribution < -0.4 is 5.32 Å². The third-order valence-electron chi connectivity index (χ3n) is 19.7. The van der Waals surface area contributed by atoms with Crippen LogP contribution >= 0.6 is 0 Å². The molecule has 1 amide bonds. The molecule has 0 aromatic rings. The molecule has 2 unspecified atom stereocenters. The van der Waals surface area contributed by atoms with Crippen molar-refractivity contribution < 1.29 is 24.5 Å². The first-order chi connectivity index (χ1) is 44.5. The van der Waals surface area contributed by atoms with Crippen molar-refractivity contribution in [3.05, 3.63) is 24.3 Å². The van der Waals surface area contributed by atoms with Crippen LogP contribution in [-0.4, -0.2) is 47.4 Å². The summed E-state index contributed by atoms with van der Waals surface area (Å²) in [6, 6.07) is -0.626. The number of hydrogen-bond acceptors (Lipinski definition) is 5. The van der Waals surface area contributed by atoms with Crippen LogP contribution in [0.15, 0.2) is 24.3 Å². The zero-order chi connectivity index (χ0) is 64.9. The van der Waals surface area contributed by atoms with E-state index in [0.29, 0.717) is 19.4 Å². The Hall–Kier alpha value is -1.66. The number of carbonyl (C=O) groups excluding carboxylic acids is 2. The van der Waals surface area contributed by atoms with Crippen molar-refractivity contribution in [2.45, 2.75) is 488 Å². The molecule has 0 rings (SSSR count). The van der Waals surface area contributed by atoms with Crippen LogP contribution in [0.5, 0.6) is 0 Å². The van der Waals surface area contributed by atoms with Gasteiger partial charge in [-0.2, -0.15) is 0 Å². The van der Waals surface area contributed by atoms with E-state index in [1.165, 1.54) is 411 Å². The molecule has 0 saturated heterocycles. The molecule has 0 bridgehead atoms. The first kappa shape index (κ1) is 88.3. The summed E-state index contributed by atoms with van der Waals surface area (Å²) in [6.45, 7) is 4.97. The maximum Gasteiger partial charge on any atom is 0.305 e. The number of amides is 1. The van der Waals surface area contributed by atoms with Crippen LogP contribution in [0.4, 0.5) is 0 Å². The molecule has 0 aliphatic rings. The molecule has 3 N–H and O–H groups in total. The maximum atomic E-state index is 12.5. The monoisotopic (exact) mass is 1270 g/mol. The maximum absolute atomic E-state index is 12.5. The predicted molar refractivity (Wildman–Crippen MR) is 398 cm³/mol. The minimum atomic E-state index is -0.843. The Kier molecular flexibility index (Phi) is 78.3. The van der Waals surface area contributed by atoms with Crippen LogP contribution in [0.2, 0.25) is 0 Å². The van der Waals surface area contributed by atoms with Crippen molar-refractivity contribution in [3.63, 3.8) is 0 Å². The lowest BCUT2D eigenvalue weighted by atomic mass is 10.0. The van der Waals surface area contributed by atoms with Gasteiger partial charge in [-0.3, -0.25) is 9.59 Å². The topological polar surface area (TPSA) is 95.9 Å². The summed E-state index contributed by atoms with van der Waals surface area (Å²) in [5.74, 6) is -0.0337. The summed E-state index contributed by atoms with van der Waals surface area (Å²) in [4.78, 5) is 24.6. The first-order valence-corrected chi connectivity index (χ1v) is 41.6. The molecule has 0 radical (unpaired) electrons. The summed E-state index contributed by atoms with van der Waals surface area (Å²) < 4.78 is 5.51. The second-order valence-electron chi connectivity index (χ2n) is 28.8. The lowest BCUT2D eigenvalue weighted by molar-refractivity contribution is -0.143. The Bertz CT molecular complexity index is 1410. The van der Waals surface area contributed by atoms with E-state index < -0.39 is 12.1 Å². The summed E-state index contributed by atoms with van der Waals surface area (Å²) in [7, 11) is 0. The van der Waals surface area contributed by atoms with E-state index in [1.54, 1.807) is 6.08 Å². The lowest BCUT2D eigenvalue weighted by Crippen LogP contribution is -2.45. The van der Waals surface area contributed by atoms with Gasteiger partial charge in [0.05, 0.1) is 25.4 Å². The molecular weight excluding hydrogens is 1100 g/mol. The van der Waals surface area contributed by atoms with Gasteiger partial charge in [0.1, 0.15) is 0 Å². The molecule has 2 atom stereocenters. The molecule has 0 spiro atoms. The Morgan fingerprint density at radius 1 is 0.300 bits per heavy atom. The Morgan fingerprint density at radius 3 is 0.789 bits per heavy atom. The number of unbranched alkanes of at least 4 members (excludes halogenated alkanes) is 66. The summed E-state index contributed by atoms with van der Waals surface area (Å²) in [6.07, 6.45) is 103. The summed E-state index contributed by atoms with van der Waals surface area (Å²) in [5.41, 5.74) is 0. The van der Waals surface area contributed by atoms with E-state index in [-0.39, 0.29) is 18.5 Å². The highest BCUT2D eigenvalue weighted by Gasteiger charge is 2.18. The van der Waals surface area contributed by atoms with Gasteiger partial charge in [-0.05, 0) is 57.8 Å². The van der Waals surface area contributed by atoms with Gasteiger partial charge in [0.15, 0.2) is 0 Å². The highest BCUT2D eigenvalue weighted by molar-refractivity contribution is 5.76. The fourth-order valence-corrected chi connectivity index (χ4v) is 13.4. The Morgan fingerprint density at radius 2 is 0.522 bits per heavy atom. The SMILES string of the molecule is CCCCCCCCCCCCCCCCCCCCC/C=C/C(O)C(CO)NC(=O)CCCCCCCCCCCCCCCCCCC/C=C\CCCCCCCCCCCCCCCCCCOC(=O)CCCCCCCCCCCCCCCCC. The number of hydrogen-bond donors (Lipinski definition) is 3. The minimum absolute atomic E-state index is 0.0252. The molecule has 0 saturated carbocycles. The number of esters is 1. The molecule has 0 aliphatic carbocycles. The van der Waals surface area contributed by atoms with Crippen LogP contribution in [-0.2, 0) is 14.3 Å². The van der Waals surface area contributed by atoms with Crippen molar-refractivity contribution in [2.24, 2.45) is 0 Å². The quantitative estimate of drug-likeness (QED) is 0.0320. The minimum Gasteiger partial charge on any atom is -0.466 e. The van der Waals surface area contributed by atoms with Crippen LogP contribution in [0.3, 0.4) is 0 Å².